The third-order valence-electron chi connectivity index (χ3n) is 9.55. The number of hydrogen-bond donors (Lipinski definition) is 4. The highest BCUT2D eigenvalue weighted by molar-refractivity contribution is 14.1. The molecule has 0 unspecified atom stereocenters. The zero-order chi connectivity index (χ0) is 66.2. The van der Waals surface area contributed by atoms with Crippen molar-refractivity contribution in [3.63, 3.8) is 0 Å². The van der Waals surface area contributed by atoms with Crippen LogP contribution in [0, 0.1) is 0 Å². The average molecular weight is 1450 g/mol. The summed E-state index contributed by atoms with van der Waals surface area (Å²) in [6, 6.07) is 9.33. The molecule has 3 aliphatic rings. The fourth-order valence-corrected chi connectivity index (χ4v) is 9.30. The summed E-state index contributed by atoms with van der Waals surface area (Å²) in [4.78, 5) is 0.199. The lowest BCUT2D eigenvalue weighted by molar-refractivity contribution is 0.320. The van der Waals surface area contributed by atoms with Crippen molar-refractivity contribution in [2.75, 3.05) is 0 Å². The lowest BCUT2D eigenvalue weighted by atomic mass is 9.96. The largest absolute Gasteiger partial charge is 0.410 e. The minimum absolute atomic E-state index is 0.0744. The molecule has 2 aromatic rings. The number of sulfonamides is 2. The van der Waals surface area contributed by atoms with Crippen LogP contribution in [0.1, 0.15) is 75.3 Å². The highest BCUT2D eigenvalue weighted by Crippen LogP contribution is 2.39. The average Bonchev–Trinajstić information content (AvgIpc) is 1.62. The topological polar surface area (TPSA) is 831 Å². The number of benzene rings is 2. The number of oxime groups is 1. The second kappa shape index (κ2) is 47.3. The molecule has 3 aliphatic carbocycles. The fourth-order valence-electron chi connectivity index (χ4n) is 6.47. The maximum atomic E-state index is 13.0. The standard InChI is InChI=1S/C25H31N3O5S2.FH2IN56/c29-26-25-23-15-19(34(30,31)27-17-7-3-1-4-8-17)11-13-21(23)22-14-12-20(16-24(22)25)35(32,33)28-18-9-5-2-6-10-18;1-2-4-6-8-10-12-14-16-18-20-22-24-26-28-30-32-34-36-38-40-42-44-46-48-50-52-54-56-58-57-55-53-51-49-47-45-43-41-39-37-35-33-31-29-27-25-23-21-19-17-15-13-11-9-7-5-3/h11-18,27-29H,1-10H2;(H2,3,6,7,10,11,14,15,18,19,22,23,26,27,30,31,34,35,38,39,42,43,46,47,50,51,54,55,58). The minimum Gasteiger partial charge on any atom is -0.410 e. The summed E-state index contributed by atoms with van der Waals surface area (Å²) in [5.41, 5.74) is 2.49. The Hall–Kier alpha value is -12.8. The van der Waals surface area contributed by atoms with E-state index < -0.39 is 41.7 Å². The maximum absolute atomic E-state index is 13.0. The van der Waals surface area contributed by atoms with E-state index >= 15 is 0 Å². The number of hydrogen-bond acceptors (Lipinski definition) is 8. The van der Waals surface area contributed by atoms with Crippen LogP contribution in [-0.2, 0) is 20.0 Å². The Kier molecular flexibility index (Phi) is 36.9. The van der Waals surface area contributed by atoms with Gasteiger partial charge in [-0.25, -0.2) is 26.3 Å². The lowest BCUT2D eigenvalue weighted by Gasteiger charge is -2.22. The number of nitrogens with two attached hydrogens (primary N) is 1. The van der Waals surface area contributed by atoms with Gasteiger partial charge >= 0.3 is 0 Å². The lowest BCUT2D eigenvalue weighted by Crippen LogP contribution is -2.36. The molecule has 93 heavy (non-hydrogen) atoms. The summed E-state index contributed by atoms with van der Waals surface area (Å²) in [5, 5.41) is 174. The van der Waals surface area contributed by atoms with Crippen LogP contribution in [0.3, 0.4) is 0 Å². The normalized spacial score (nSPS) is 17.1. The molecule has 0 heterocycles. The second-order valence-corrected chi connectivity index (χ2v) is 19.0. The predicted molar refractivity (Wildman–Crippen MR) is 287 cm³/mol. The van der Waals surface area contributed by atoms with Crippen molar-refractivity contribution in [2.45, 2.75) is 86.1 Å². The molecule has 0 amide bonds. The molecule has 0 atom stereocenters. The Morgan fingerprint density at radius 2 is 0.548 bits per heavy atom. The van der Waals surface area contributed by atoms with E-state index in [0.717, 1.165) is 64.2 Å². The van der Waals surface area contributed by atoms with Gasteiger partial charge < -0.3 is 11.0 Å². The third kappa shape index (κ3) is 32.7. The van der Waals surface area contributed by atoms with Crippen molar-refractivity contribution in [3.8, 4) is 11.1 Å². The molecule has 0 saturated heterocycles. The predicted octanol–water partition coefficient (Wildman–Crippen LogP) is 14.9. The SMILES string of the molecule is N/N=N/N=N/N=N/N=N/N=N/N=N/N=N/N=N/N=N/N=N/N=N/N=N/N=N/N=N/N=N/N=N/N=N/N=N/N=N/N=N/N=N/N=N/N=N/N=N/N=N/N=N/N=N/N=IF.O=S(=O)(NC1CCCCC1)c1ccc2c(c1)C(=NO)c1cc(S(=O)(=O)NC3CCCCC3)ccc1-2. The zero-order valence-electron chi connectivity index (χ0n) is 45.5. The van der Waals surface area contributed by atoms with Crippen molar-refractivity contribution in [1.82, 2.24) is 9.44 Å². The van der Waals surface area contributed by atoms with Gasteiger partial charge in [0.2, 0.25) is 41.7 Å². The van der Waals surface area contributed by atoms with E-state index in [0.29, 0.717) is 22.3 Å². The zero-order valence-corrected chi connectivity index (χ0v) is 49.3. The quantitative estimate of drug-likeness (QED) is 0.0151. The van der Waals surface area contributed by atoms with Gasteiger partial charge in [-0.3, -0.25) is 0 Å². The molecule has 0 aromatic heterocycles. The van der Waals surface area contributed by atoms with Crippen LogP contribution >= 0.6 is 21.6 Å². The van der Waals surface area contributed by atoms with Gasteiger partial charge in [-0.15, -0.1) is 0 Å². The van der Waals surface area contributed by atoms with E-state index in [1.165, 1.54) is 12.1 Å². The minimum atomic E-state index is -3.74. The van der Waals surface area contributed by atoms with Gasteiger partial charge in [0.15, 0.2) is 0 Å². The molecule has 0 aliphatic heterocycles. The van der Waals surface area contributed by atoms with Crippen molar-refractivity contribution < 1.29 is 24.9 Å². The van der Waals surface area contributed by atoms with E-state index in [4.69, 9.17) is 0 Å². The van der Waals surface area contributed by atoms with E-state index in [1.807, 2.05) is 0 Å². The number of rotatable bonds is 33. The monoisotopic (exact) mass is 1450 g/mol. The molecule has 2 aromatic carbocycles. The van der Waals surface area contributed by atoms with Crippen LogP contribution in [0.5, 0.6) is 0 Å². The summed E-state index contributed by atoms with van der Waals surface area (Å²) in [6.45, 7) is 0. The molecule has 64 nitrogen and oxygen atoms in total. The first-order valence-corrected chi connectivity index (χ1v) is 28.5. The van der Waals surface area contributed by atoms with Crippen molar-refractivity contribution in [2.24, 2.45) is 296 Å². The first-order valence-electron chi connectivity index (χ1n) is 23.7. The van der Waals surface area contributed by atoms with E-state index in [1.54, 1.807) is 24.3 Å². The van der Waals surface area contributed by atoms with Gasteiger partial charge in [0.25, 0.3) is 0 Å². The fraction of sp³-hybridized carbons (Fsp3) is 0.480. The Bertz CT molecular complexity index is 3570. The first kappa shape index (κ1) is 72.7. The van der Waals surface area contributed by atoms with Gasteiger partial charge in [0.1, 0.15) is 5.71 Å². The smallest absolute Gasteiger partial charge is 0.243 e. The van der Waals surface area contributed by atoms with Crippen LogP contribution in [-0.4, -0.2) is 39.8 Å². The Morgan fingerprint density at radius 3 is 0.753 bits per heavy atom. The number of nitrogens with one attached hydrogen (secondary N) is 2. The summed E-state index contributed by atoms with van der Waals surface area (Å²) >= 11 is -1.89. The summed E-state index contributed by atoms with van der Waals surface area (Å²) in [5.74, 6) is 4.63. The molecule has 0 spiro atoms. The van der Waals surface area contributed by atoms with Gasteiger partial charge in [-0.05, 0) is 139 Å². The van der Waals surface area contributed by atoms with Gasteiger partial charge in [-0.1, -0.05) is 64.3 Å². The second-order valence-electron chi connectivity index (χ2n) is 14.8. The molecule has 484 valence electrons. The molecular weight excluding hydrogens is 1420 g/mol. The number of nitrogens with zero attached hydrogens (tertiary/aromatic N) is 56. The molecule has 2 fully saturated rings. The highest BCUT2D eigenvalue weighted by atomic mass is 127. The maximum Gasteiger partial charge on any atom is 0.243 e. The highest BCUT2D eigenvalue weighted by Gasteiger charge is 2.31. The molecule has 68 heteroatoms. The van der Waals surface area contributed by atoms with E-state index in [-0.39, 0.29) is 27.6 Å². The Balaban J connectivity index is 0.000000442. The van der Waals surface area contributed by atoms with Crippen molar-refractivity contribution >= 4 is 47.4 Å². The van der Waals surface area contributed by atoms with E-state index in [2.05, 4.69) is 306 Å². The van der Waals surface area contributed by atoms with Crippen LogP contribution < -0.4 is 15.3 Å². The molecular formula is C25H33FIN59O5S2. The molecule has 5 rings (SSSR count). The molecule has 0 bridgehead atoms. The molecule has 0 radical (unpaired) electrons. The first-order chi connectivity index (χ1) is 45.7. The molecule has 2 saturated carbocycles. The summed E-state index contributed by atoms with van der Waals surface area (Å²) in [6.07, 6.45) is 9.58. The summed E-state index contributed by atoms with van der Waals surface area (Å²) < 4.78 is 72.3. The number of halogens is 2. The third-order valence-corrected chi connectivity index (χ3v) is 12.9. The van der Waals surface area contributed by atoms with Gasteiger partial charge in [0, 0.05) is 222 Å². The summed E-state index contributed by atoms with van der Waals surface area (Å²) in [7, 11) is -7.48. The Labute approximate surface area is 520 Å². The van der Waals surface area contributed by atoms with Crippen LogP contribution in [0.4, 0.5) is 2.86 Å². The Morgan fingerprint density at radius 1 is 0.333 bits per heavy atom. The van der Waals surface area contributed by atoms with Gasteiger partial charge in [-0.2, -0.15) is 2.86 Å². The van der Waals surface area contributed by atoms with Crippen LogP contribution in [0.15, 0.2) is 337 Å². The molecule has 5 N–H and O–H groups in total. The van der Waals surface area contributed by atoms with Gasteiger partial charge in [0.05, 0.1) is 9.79 Å². The van der Waals surface area contributed by atoms with Crippen LogP contribution in [0.25, 0.3) is 11.1 Å². The van der Waals surface area contributed by atoms with Crippen molar-refractivity contribution in [3.05, 3.63) is 47.5 Å². The van der Waals surface area contributed by atoms with Crippen LogP contribution in [0.2, 0.25) is 0 Å². The number of fused-ring (bicyclic) bond motifs is 3. The van der Waals surface area contributed by atoms with E-state index in [9.17, 15) is 24.9 Å². The van der Waals surface area contributed by atoms with Crippen molar-refractivity contribution in [1.29, 1.82) is 0 Å².